The summed E-state index contributed by atoms with van der Waals surface area (Å²) in [6.45, 7) is 1.15. The highest BCUT2D eigenvalue weighted by atomic mass is 79.9. The van der Waals surface area contributed by atoms with E-state index in [1.54, 1.807) is 16.4 Å². The summed E-state index contributed by atoms with van der Waals surface area (Å²) in [6.07, 6.45) is 3.99. The molecule has 1 aromatic rings. The van der Waals surface area contributed by atoms with Crippen molar-refractivity contribution in [2.24, 2.45) is 0 Å². The quantitative estimate of drug-likeness (QED) is 0.758. The number of nitrogens with two attached hydrogens (primary N) is 1. The van der Waals surface area contributed by atoms with E-state index in [1.807, 2.05) is 0 Å². The highest BCUT2D eigenvalue weighted by Gasteiger charge is 2.29. The molecule has 2 N–H and O–H groups in total. The van der Waals surface area contributed by atoms with Crippen LogP contribution in [0.25, 0.3) is 0 Å². The van der Waals surface area contributed by atoms with E-state index < -0.39 is 10.0 Å². The molecule has 106 valence electrons. The summed E-state index contributed by atoms with van der Waals surface area (Å²) in [5, 5.41) is 0. The van der Waals surface area contributed by atoms with Crippen molar-refractivity contribution in [3.8, 4) is 0 Å². The van der Waals surface area contributed by atoms with Crippen LogP contribution in [0, 0.1) is 0 Å². The number of benzene rings is 1. The third-order valence-corrected chi connectivity index (χ3v) is 6.56. The predicted molar refractivity (Wildman–Crippen MR) is 83.5 cm³/mol. The Balaban J connectivity index is 2.44. The highest BCUT2D eigenvalue weighted by molar-refractivity contribution is 9.11. The lowest BCUT2D eigenvalue weighted by Gasteiger charge is -2.21. The van der Waals surface area contributed by atoms with Crippen molar-refractivity contribution >= 4 is 47.6 Å². The maximum absolute atomic E-state index is 12.7. The molecule has 7 heteroatoms. The van der Waals surface area contributed by atoms with Gasteiger partial charge in [0.1, 0.15) is 4.90 Å². The molecule has 0 aromatic heterocycles. The zero-order chi connectivity index (χ0) is 14.0. The van der Waals surface area contributed by atoms with Gasteiger partial charge in [0.05, 0.1) is 5.69 Å². The van der Waals surface area contributed by atoms with Crippen LogP contribution in [-0.2, 0) is 10.0 Å². The fraction of sp³-hybridized carbons (Fsp3) is 0.500. The second-order valence-electron chi connectivity index (χ2n) is 4.62. The zero-order valence-electron chi connectivity index (χ0n) is 10.4. The maximum Gasteiger partial charge on any atom is 0.246 e. The van der Waals surface area contributed by atoms with Crippen LogP contribution in [0.5, 0.6) is 0 Å². The standard InChI is InChI=1S/C12H16Br2N2O2S/c13-9-7-10(14)12(11(15)8-9)19(17,18)16-5-3-1-2-4-6-16/h7-8H,1-6,15H2. The number of rotatable bonds is 2. The number of hydrogen-bond donors (Lipinski definition) is 1. The van der Waals surface area contributed by atoms with E-state index >= 15 is 0 Å². The molecule has 0 unspecified atom stereocenters. The minimum atomic E-state index is -3.52. The third kappa shape index (κ3) is 3.32. The summed E-state index contributed by atoms with van der Waals surface area (Å²) in [4.78, 5) is 0.178. The molecule has 1 saturated heterocycles. The van der Waals surface area contributed by atoms with Gasteiger partial charge in [-0.15, -0.1) is 0 Å². The van der Waals surface area contributed by atoms with Gasteiger partial charge in [0.25, 0.3) is 0 Å². The molecule has 0 saturated carbocycles. The smallest absolute Gasteiger partial charge is 0.246 e. The van der Waals surface area contributed by atoms with Crippen molar-refractivity contribution in [2.45, 2.75) is 30.6 Å². The summed E-state index contributed by atoms with van der Waals surface area (Å²) >= 11 is 6.61. The molecule has 1 fully saturated rings. The van der Waals surface area contributed by atoms with Crippen molar-refractivity contribution in [1.29, 1.82) is 0 Å². The Morgan fingerprint density at radius 1 is 1.05 bits per heavy atom. The SMILES string of the molecule is Nc1cc(Br)cc(Br)c1S(=O)(=O)N1CCCCCC1. The lowest BCUT2D eigenvalue weighted by atomic mass is 10.2. The summed E-state index contributed by atoms with van der Waals surface area (Å²) in [6, 6.07) is 3.33. The Morgan fingerprint density at radius 2 is 1.63 bits per heavy atom. The van der Waals surface area contributed by atoms with Crippen molar-refractivity contribution in [1.82, 2.24) is 4.31 Å². The monoisotopic (exact) mass is 410 g/mol. The molecule has 1 heterocycles. The largest absolute Gasteiger partial charge is 0.398 e. The van der Waals surface area contributed by atoms with E-state index in [1.165, 1.54) is 0 Å². The van der Waals surface area contributed by atoms with E-state index in [0.717, 1.165) is 30.2 Å². The number of nitrogens with zero attached hydrogens (tertiary/aromatic N) is 1. The number of anilines is 1. The van der Waals surface area contributed by atoms with Crippen LogP contribution in [0.15, 0.2) is 26.0 Å². The lowest BCUT2D eigenvalue weighted by Crippen LogP contribution is -2.32. The molecule has 0 radical (unpaired) electrons. The van der Waals surface area contributed by atoms with E-state index in [9.17, 15) is 8.42 Å². The van der Waals surface area contributed by atoms with Crippen molar-refractivity contribution in [3.05, 3.63) is 21.1 Å². The molecule has 0 atom stereocenters. The van der Waals surface area contributed by atoms with Crippen LogP contribution < -0.4 is 5.73 Å². The molecule has 0 spiro atoms. The minimum absolute atomic E-state index is 0.178. The Hall–Kier alpha value is -0.110. The van der Waals surface area contributed by atoms with E-state index in [0.29, 0.717) is 17.6 Å². The summed E-state index contributed by atoms with van der Waals surface area (Å²) < 4.78 is 28.2. The lowest BCUT2D eigenvalue weighted by molar-refractivity contribution is 0.423. The van der Waals surface area contributed by atoms with Crippen molar-refractivity contribution < 1.29 is 8.42 Å². The molecule has 0 amide bonds. The van der Waals surface area contributed by atoms with Gasteiger partial charge in [0.2, 0.25) is 10.0 Å². The Bertz CT molecular complexity index is 544. The first-order valence-electron chi connectivity index (χ1n) is 6.17. The maximum atomic E-state index is 12.7. The van der Waals surface area contributed by atoms with Crippen LogP contribution in [0.2, 0.25) is 0 Å². The van der Waals surface area contributed by atoms with Crippen LogP contribution >= 0.6 is 31.9 Å². The normalized spacial score (nSPS) is 18.2. The van der Waals surface area contributed by atoms with Gasteiger partial charge in [0.15, 0.2) is 0 Å². The second-order valence-corrected chi connectivity index (χ2v) is 8.27. The highest BCUT2D eigenvalue weighted by Crippen LogP contribution is 2.34. The molecule has 0 bridgehead atoms. The Morgan fingerprint density at radius 3 is 2.16 bits per heavy atom. The van der Waals surface area contributed by atoms with E-state index in [2.05, 4.69) is 31.9 Å². The Kier molecular flexibility index (Phi) is 4.92. The Labute approximate surface area is 130 Å². The van der Waals surface area contributed by atoms with Crippen LogP contribution in [0.3, 0.4) is 0 Å². The van der Waals surface area contributed by atoms with Gasteiger partial charge in [-0.05, 0) is 40.9 Å². The van der Waals surface area contributed by atoms with E-state index in [-0.39, 0.29) is 10.6 Å². The van der Waals surface area contributed by atoms with Gasteiger partial charge >= 0.3 is 0 Å². The fourth-order valence-electron chi connectivity index (χ4n) is 2.26. The molecule has 1 aromatic carbocycles. The molecule has 19 heavy (non-hydrogen) atoms. The molecule has 0 aliphatic carbocycles. The predicted octanol–water partition coefficient (Wildman–Crippen LogP) is 3.36. The van der Waals surface area contributed by atoms with Gasteiger partial charge in [-0.1, -0.05) is 28.8 Å². The third-order valence-electron chi connectivity index (χ3n) is 3.20. The molecule has 4 nitrogen and oxygen atoms in total. The topological polar surface area (TPSA) is 63.4 Å². The van der Waals surface area contributed by atoms with Crippen molar-refractivity contribution in [2.75, 3.05) is 18.8 Å². The first kappa shape index (κ1) is 15.3. The average Bonchev–Trinajstić information content (AvgIpc) is 2.55. The number of hydrogen-bond acceptors (Lipinski definition) is 3. The molecular formula is C12H16Br2N2O2S. The molecular weight excluding hydrogens is 396 g/mol. The summed E-state index contributed by atoms with van der Waals surface area (Å²) in [7, 11) is -3.52. The summed E-state index contributed by atoms with van der Waals surface area (Å²) in [5.41, 5.74) is 6.16. The van der Waals surface area contributed by atoms with Gasteiger partial charge in [-0.2, -0.15) is 4.31 Å². The van der Waals surface area contributed by atoms with Crippen LogP contribution in [-0.4, -0.2) is 25.8 Å². The van der Waals surface area contributed by atoms with Gasteiger partial charge in [-0.3, -0.25) is 0 Å². The minimum Gasteiger partial charge on any atom is -0.398 e. The van der Waals surface area contributed by atoms with Gasteiger partial charge in [0, 0.05) is 22.0 Å². The number of nitrogen functional groups attached to an aromatic ring is 1. The fourth-order valence-corrected chi connectivity index (χ4v) is 5.79. The van der Waals surface area contributed by atoms with Gasteiger partial charge in [-0.25, -0.2) is 8.42 Å². The molecule has 2 rings (SSSR count). The van der Waals surface area contributed by atoms with E-state index in [4.69, 9.17) is 5.73 Å². The van der Waals surface area contributed by atoms with Crippen molar-refractivity contribution in [3.63, 3.8) is 0 Å². The van der Waals surface area contributed by atoms with Crippen LogP contribution in [0.1, 0.15) is 25.7 Å². The number of halogens is 2. The average molecular weight is 412 g/mol. The molecule has 1 aliphatic heterocycles. The first-order chi connectivity index (χ1) is 8.93. The second kappa shape index (κ2) is 6.11. The zero-order valence-corrected chi connectivity index (χ0v) is 14.4. The number of sulfonamides is 1. The van der Waals surface area contributed by atoms with Crippen LogP contribution in [0.4, 0.5) is 5.69 Å². The molecule has 1 aliphatic rings. The van der Waals surface area contributed by atoms with Gasteiger partial charge < -0.3 is 5.73 Å². The first-order valence-corrected chi connectivity index (χ1v) is 9.20. The summed E-state index contributed by atoms with van der Waals surface area (Å²) in [5.74, 6) is 0.